The van der Waals surface area contributed by atoms with Gasteiger partial charge in [-0.05, 0) is 80.0 Å². The Kier molecular flexibility index (Phi) is 5.77. The standard InChI is InChI=1S/C26H28N4O2/c1-2-31-26(27)21-8-10-24-23(17-21)25(29-28-24)20-6-5-19-16-22(9-7-18(19)15-20)32-14-13-30-11-3-4-12-30/h5-10,15-17,27H,2-4,11-14H2,1H3,(H,28,29). The minimum Gasteiger partial charge on any atom is -0.492 e. The molecule has 1 saturated heterocycles. The summed E-state index contributed by atoms with van der Waals surface area (Å²) in [4.78, 5) is 2.46. The first-order chi connectivity index (χ1) is 15.7. The summed E-state index contributed by atoms with van der Waals surface area (Å²) in [6.45, 7) is 6.47. The third-order valence-corrected chi connectivity index (χ3v) is 6.07. The van der Waals surface area contributed by atoms with E-state index in [-0.39, 0.29) is 5.90 Å². The van der Waals surface area contributed by atoms with Crippen molar-refractivity contribution in [1.29, 1.82) is 5.41 Å². The zero-order valence-corrected chi connectivity index (χ0v) is 18.4. The van der Waals surface area contributed by atoms with Gasteiger partial charge in [-0.3, -0.25) is 15.4 Å². The zero-order valence-electron chi connectivity index (χ0n) is 18.4. The van der Waals surface area contributed by atoms with Crippen molar-refractivity contribution in [3.8, 4) is 17.0 Å². The fraction of sp³-hybridized carbons (Fsp3) is 0.308. The van der Waals surface area contributed by atoms with E-state index in [9.17, 15) is 0 Å². The molecule has 5 rings (SSSR count). The Morgan fingerprint density at radius 2 is 1.84 bits per heavy atom. The first-order valence-electron chi connectivity index (χ1n) is 11.3. The second-order valence-corrected chi connectivity index (χ2v) is 8.22. The molecule has 0 unspecified atom stereocenters. The third-order valence-electron chi connectivity index (χ3n) is 6.07. The van der Waals surface area contributed by atoms with Gasteiger partial charge in [-0.25, -0.2) is 0 Å². The average Bonchev–Trinajstić information content (AvgIpc) is 3.48. The molecule has 2 N–H and O–H groups in total. The maximum atomic E-state index is 8.09. The Morgan fingerprint density at radius 1 is 1.03 bits per heavy atom. The van der Waals surface area contributed by atoms with Crippen molar-refractivity contribution in [3.05, 3.63) is 60.2 Å². The minimum atomic E-state index is 0.178. The number of H-pyrrole nitrogens is 1. The predicted octanol–water partition coefficient (Wildman–Crippen LogP) is 5.22. The fourth-order valence-electron chi connectivity index (χ4n) is 4.36. The van der Waals surface area contributed by atoms with Gasteiger partial charge >= 0.3 is 0 Å². The molecule has 4 aromatic rings. The first kappa shape index (κ1) is 20.5. The summed E-state index contributed by atoms with van der Waals surface area (Å²) in [5, 5.41) is 19.0. The number of likely N-dealkylation sites (tertiary alicyclic amines) is 1. The smallest absolute Gasteiger partial charge is 0.213 e. The highest BCUT2D eigenvalue weighted by atomic mass is 16.5. The van der Waals surface area contributed by atoms with Crippen LogP contribution in [0, 0.1) is 5.41 Å². The number of ether oxygens (including phenoxy) is 2. The van der Waals surface area contributed by atoms with Crippen LogP contribution < -0.4 is 4.74 Å². The lowest BCUT2D eigenvalue weighted by atomic mass is 10.0. The number of hydrogen-bond acceptors (Lipinski definition) is 5. The molecule has 6 nitrogen and oxygen atoms in total. The molecule has 1 aliphatic rings. The molecule has 0 amide bonds. The number of benzene rings is 3. The van der Waals surface area contributed by atoms with Crippen LogP contribution in [0.4, 0.5) is 0 Å². The summed E-state index contributed by atoms with van der Waals surface area (Å²) in [7, 11) is 0. The summed E-state index contributed by atoms with van der Waals surface area (Å²) >= 11 is 0. The molecule has 6 heteroatoms. The highest BCUT2D eigenvalue weighted by Gasteiger charge is 2.13. The summed E-state index contributed by atoms with van der Waals surface area (Å²) < 4.78 is 11.4. The maximum absolute atomic E-state index is 8.09. The summed E-state index contributed by atoms with van der Waals surface area (Å²) in [6.07, 6.45) is 2.61. The van der Waals surface area contributed by atoms with Crippen LogP contribution in [0.3, 0.4) is 0 Å². The van der Waals surface area contributed by atoms with E-state index in [4.69, 9.17) is 14.9 Å². The van der Waals surface area contributed by atoms with E-state index < -0.39 is 0 Å². The van der Waals surface area contributed by atoms with Crippen LogP contribution in [0.2, 0.25) is 0 Å². The quantitative estimate of drug-likeness (QED) is 0.313. The molecule has 1 aliphatic heterocycles. The average molecular weight is 429 g/mol. The van der Waals surface area contributed by atoms with Crippen LogP contribution in [0.5, 0.6) is 5.75 Å². The monoisotopic (exact) mass is 428 g/mol. The van der Waals surface area contributed by atoms with Crippen LogP contribution in [-0.4, -0.2) is 53.8 Å². The molecular weight excluding hydrogens is 400 g/mol. The Morgan fingerprint density at radius 3 is 2.69 bits per heavy atom. The lowest BCUT2D eigenvalue weighted by molar-refractivity contribution is 0.238. The Labute approximate surface area is 187 Å². The molecule has 164 valence electrons. The molecule has 2 heterocycles. The number of nitrogens with zero attached hydrogens (tertiary/aromatic N) is 2. The van der Waals surface area contributed by atoms with Gasteiger partial charge in [0.15, 0.2) is 0 Å². The molecule has 32 heavy (non-hydrogen) atoms. The normalized spacial score (nSPS) is 14.3. The molecule has 0 atom stereocenters. The van der Waals surface area contributed by atoms with Crippen molar-refractivity contribution in [3.63, 3.8) is 0 Å². The molecule has 0 saturated carbocycles. The fourth-order valence-corrected chi connectivity index (χ4v) is 4.36. The zero-order chi connectivity index (χ0) is 21.9. The van der Waals surface area contributed by atoms with E-state index in [0.29, 0.717) is 6.61 Å². The molecule has 0 spiro atoms. The number of nitrogens with one attached hydrogen (secondary N) is 2. The van der Waals surface area contributed by atoms with Crippen molar-refractivity contribution in [2.75, 3.05) is 32.8 Å². The van der Waals surface area contributed by atoms with E-state index in [0.717, 1.165) is 57.4 Å². The molecule has 0 bridgehead atoms. The molecule has 1 aromatic heterocycles. The predicted molar refractivity (Wildman–Crippen MR) is 129 cm³/mol. The van der Waals surface area contributed by atoms with E-state index in [2.05, 4.69) is 45.4 Å². The minimum absolute atomic E-state index is 0.178. The van der Waals surface area contributed by atoms with E-state index in [1.165, 1.54) is 25.9 Å². The van der Waals surface area contributed by atoms with Crippen molar-refractivity contribution in [2.45, 2.75) is 19.8 Å². The SMILES string of the molecule is CCOC(=N)c1ccc2[nH]nc(-c3ccc4cc(OCCN5CCCC5)ccc4c3)c2c1. The Bertz CT molecular complexity index is 1260. The second-order valence-electron chi connectivity index (χ2n) is 8.22. The molecule has 3 aromatic carbocycles. The topological polar surface area (TPSA) is 74.2 Å². The van der Waals surface area contributed by atoms with Gasteiger partial charge in [0.2, 0.25) is 5.90 Å². The van der Waals surface area contributed by atoms with Gasteiger partial charge < -0.3 is 9.47 Å². The highest BCUT2D eigenvalue weighted by Crippen LogP contribution is 2.31. The summed E-state index contributed by atoms with van der Waals surface area (Å²) in [5.74, 6) is 1.09. The lowest BCUT2D eigenvalue weighted by Gasteiger charge is -2.15. The van der Waals surface area contributed by atoms with Crippen molar-refractivity contribution >= 4 is 27.6 Å². The molecule has 1 fully saturated rings. The summed E-state index contributed by atoms with van der Waals surface area (Å²) in [5.41, 5.74) is 3.60. The Hall–Kier alpha value is -3.38. The van der Waals surface area contributed by atoms with Gasteiger partial charge in [0.05, 0.1) is 17.8 Å². The third kappa shape index (κ3) is 4.18. The van der Waals surface area contributed by atoms with Crippen LogP contribution in [0.15, 0.2) is 54.6 Å². The number of aromatic nitrogens is 2. The molecular formula is C26H28N4O2. The Balaban J connectivity index is 1.38. The first-order valence-corrected chi connectivity index (χ1v) is 11.3. The van der Waals surface area contributed by atoms with Gasteiger partial charge in [-0.2, -0.15) is 5.10 Å². The van der Waals surface area contributed by atoms with Gasteiger partial charge in [0, 0.05) is 23.1 Å². The van der Waals surface area contributed by atoms with Crippen molar-refractivity contribution < 1.29 is 9.47 Å². The van der Waals surface area contributed by atoms with Crippen LogP contribution in [0.25, 0.3) is 32.9 Å². The van der Waals surface area contributed by atoms with Crippen molar-refractivity contribution in [1.82, 2.24) is 15.1 Å². The van der Waals surface area contributed by atoms with E-state index >= 15 is 0 Å². The van der Waals surface area contributed by atoms with E-state index in [1.54, 1.807) is 0 Å². The van der Waals surface area contributed by atoms with Crippen LogP contribution in [-0.2, 0) is 4.74 Å². The highest BCUT2D eigenvalue weighted by molar-refractivity contribution is 6.01. The molecule has 0 radical (unpaired) electrons. The number of hydrogen-bond donors (Lipinski definition) is 2. The number of fused-ring (bicyclic) bond motifs is 2. The van der Waals surface area contributed by atoms with Gasteiger partial charge in [0.1, 0.15) is 12.4 Å². The van der Waals surface area contributed by atoms with Gasteiger partial charge in [-0.15, -0.1) is 0 Å². The van der Waals surface area contributed by atoms with E-state index in [1.807, 2.05) is 31.2 Å². The maximum Gasteiger partial charge on any atom is 0.213 e. The number of rotatable bonds is 7. The van der Waals surface area contributed by atoms with Gasteiger partial charge in [-0.1, -0.05) is 18.2 Å². The summed E-state index contributed by atoms with van der Waals surface area (Å²) in [6, 6.07) is 18.4. The van der Waals surface area contributed by atoms with Crippen molar-refractivity contribution in [2.24, 2.45) is 0 Å². The second kappa shape index (κ2) is 9.01. The van der Waals surface area contributed by atoms with Crippen LogP contribution >= 0.6 is 0 Å². The largest absolute Gasteiger partial charge is 0.492 e. The van der Waals surface area contributed by atoms with Crippen LogP contribution in [0.1, 0.15) is 25.3 Å². The van der Waals surface area contributed by atoms with Gasteiger partial charge in [0.25, 0.3) is 0 Å². The molecule has 0 aliphatic carbocycles. The lowest BCUT2D eigenvalue weighted by Crippen LogP contribution is -2.25. The number of aromatic amines is 1.